The predicted octanol–water partition coefficient (Wildman–Crippen LogP) is 11.9. The molecule has 0 bridgehead atoms. The molecule has 1 aliphatic rings. The molecule has 210 valence electrons. The third-order valence-corrected chi connectivity index (χ3v) is 9.27. The van der Waals surface area contributed by atoms with E-state index >= 15 is 0 Å². The number of benzene rings is 7. The lowest BCUT2D eigenvalue weighted by molar-refractivity contribution is 0.660. The van der Waals surface area contributed by atoms with Crippen LogP contribution in [-0.2, 0) is 5.41 Å². The molecule has 0 radical (unpaired) electrons. The Morgan fingerprint density at radius 2 is 0.932 bits per heavy atom. The van der Waals surface area contributed by atoms with Crippen molar-refractivity contribution in [1.29, 1.82) is 0 Å². The average Bonchev–Trinajstić information content (AvgIpc) is 3.31. The summed E-state index contributed by atoms with van der Waals surface area (Å²) in [4.78, 5) is 2.37. The van der Waals surface area contributed by atoms with E-state index in [-0.39, 0.29) is 5.41 Å². The normalized spacial score (nSPS) is 13.0. The van der Waals surface area contributed by atoms with Crippen molar-refractivity contribution >= 4 is 27.8 Å². The molecule has 8 rings (SSSR count). The van der Waals surface area contributed by atoms with E-state index in [9.17, 15) is 0 Å². The van der Waals surface area contributed by atoms with E-state index in [1.165, 1.54) is 55.3 Å². The SMILES string of the molecule is CC1(C)c2cc(-c3cccc4ccccc34)ccc2-c2ccc(N(c3ccccc3)c3ccc(-c4ccccc4)cc3)cc21. The molecule has 0 N–H and O–H groups in total. The standard InChI is InChI=1S/C43H33N/c1-43(2)41-28-33(38-19-11-15-32-14-9-10-18-37(32)38)22-26-39(41)40-27-25-36(29-42(40)43)44(34-16-7-4-8-17-34)35-23-20-31(21-24-35)30-12-5-3-6-13-30/h3-29H,1-2H3. The van der Waals surface area contributed by atoms with E-state index in [1.807, 2.05) is 0 Å². The van der Waals surface area contributed by atoms with E-state index in [4.69, 9.17) is 0 Å². The first-order valence-electron chi connectivity index (χ1n) is 15.4. The van der Waals surface area contributed by atoms with Gasteiger partial charge in [0.15, 0.2) is 0 Å². The molecule has 7 aromatic rings. The lowest BCUT2D eigenvalue weighted by Gasteiger charge is -2.28. The maximum atomic E-state index is 2.42. The smallest absolute Gasteiger partial charge is 0.0465 e. The first-order chi connectivity index (χ1) is 21.6. The lowest BCUT2D eigenvalue weighted by Crippen LogP contribution is -2.16. The number of para-hydroxylation sites is 1. The Hall–Kier alpha value is -5.40. The van der Waals surface area contributed by atoms with E-state index in [0.29, 0.717) is 0 Å². The van der Waals surface area contributed by atoms with Gasteiger partial charge in [-0.2, -0.15) is 0 Å². The highest BCUT2D eigenvalue weighted by Gasteiger charge is 2.36. The van der Waals surface area contributed by atoms with Gasteiger partial charge in [-0.05, 0) is 97.7 Å². The molecule has 0 spiro atoms. The van der Waals surface area contributed by atoms with Gasteiger partial charge in [0.25, 0.3) is 0 Å². The van der Waals surface area contributed by atoms with Crippen LogP contribution in [-0.4, -0.2) is 0 Å². The molecule has 0 saturated heterocycles. The Balaban J connectivity index is 1.21. The molecule has 1 nitrogen and oxygen atoms in total. The summed E-state index contributed by atoms with van der Waals surface area (Å²) in [5, 5.41) is 2.57. The van der Waals surface area contributed by atoms with Gasteiger partial charge in [0.1, 0.15) is 0 Å². The molecule has 0 aromatic heterocycles. The summed E-state index contributed by atoms with van der Waals surface area (Å²) in [6.07, 6.45) is 0. The molecule has 0 saturated carbocycles. The van der Waals surface area contributed by atoms with E-state index in [0.717, 1.165) is 17.1 Å². The molecule has 0 atom stereocenters. The molecular formula is C43H33N. The molecule has 0 unspecified atom stereocenters. The Bertz CT molecular complexity index is 2120. The number of hydrogen-bond acceptors (Lipinski definition) is 1. The zero-order chi connectivity index (χ0) is 29.7. The highest BCUT2D eigenvalue weighted by molar-refractivity contribution is 5.98. The highest BCUT2D eigenvalue weighted by atomic mass is 15.1. The summed E-state index contributed by atoms with van der Waals surface area (Å²) in [5.74, 6) is 0. The molecule has 0 aliphatic heterocycles. The molecule has 7 aromatic carbocycles. The van der Waals surface area contributed by atoms with Crippen molar-refractivity contribution in [3.05, 3.63) is 175 Å². The van der Waals surface area contributed by atoms with E-state index in [1.54, 1.807) is 0 Å². The molecule has 1 heteroatoms. The van der Waals surface area contributed by atoms with Gasteiger partial charge in [0, 0.05) is 22.5 Å². The summed E-state index contributed by atoms with van der Waals surface area (Å²) in [6.45, 7) is 4.74. The summed E-state index contributed by atoms with van der Waals surface area (Å²) >= 11 is 0. The molecule has 1 aliphatic carbocycles. The second-order valence-corrected chi connectivity index (χ2v) is 12.2. The average molecular weight is 564 g/mol. The minimum Gasteiger partial charge on any atom is -0.310 e. The zero-order valence-corrected chi connectivity index (χ0v) is 25.0. The predicted molar refractivity (Wildman–Crippen MR) is 187 cm³/mol. The van der Waals surface area contributed by atoms with Crippen LogP contribution < -0.4 is 4.90 Å². The summed E-state index contributed by atoms with van der Waals surface area (Å²) in [6, 6.07) is 59.5. The Morgan fingerprint density at radius 1 is 0.386 bits per heavy atom. The van der Waals surface area contributed by atoms with Crippen molar-refractivity contribution < 1.29 is 0 Å². The highest BCUT2D eigenvalue weighted by Crippen LogP contribution is 2.51. The van der Waals surface area contributed by atoms with Gasteiger partial charge in [0.05, 0.1) is 0 Å². The molecule has 0 heterocycles. The van der Waals surface area contributed by atoms with Crippen molar-refractivity contribution in [3.63, 3.8) is 0 Å². The first kappa shape index (κ1) is 26.2. The van der Waals surface area contributed by atoms with Crippen LogP contribution in [0.25, 0.3) is 44.2 Å². The fraction of sp³-hybridized carbons (Fsp3) is 0.0698. The summed E-state index contributed by atoms with van der Waals surface area (Å²) < 4.78 is 0. The summed E-state index contributed by atoms with van der Waals surface area (Å²) in [7, 11) is 0. The second kappa shape index (κ2) is 10.4. The van der Waals surface area contributed by atoms with Gasteiger partial charge < -0.3 is 4.90 Å². The van der Waals surface area contributed by atoms with Crippen molar-refractivity contribution in [1.82, 2.24) is 0 Å². The fourth-order valence-corrected chi connectivity index (χ4v) is 6.97. The molecule has 44 heavy (non-hydrogen) atoms. The Morgan fingerprint density at radius 3 is 1.70 bits per heavy atom. The second-order valence-electron chi connectivity index (χ2n) is 12.2. The number of fused-ring (bicyclic) bond motifs is 4. The van der Waals surface area contributed by atoms with Crippen LogP contribution in [0.1, 0.15) is 25.0 Å². The van der Waals surface area contributed by atoms with Crippen LogP contribution in [0, 0.1) is 0 Å². The number of hydrogen-bond donors (Lipinski definition) is 0. The van der Waals surface area contributed by atoms with Crippen molar-refractivity contribution in [2.75, 3.05) is 4.90 Å². The molecule has 0 amide bonds. The maximum Gasteiger partial charge on any atom is 0.0465 e. The van der Waals surface area contributed by atoms with Gasteiger partial charge in [-0.15, -0.1) is 0 Å². The first-order valence-corrected chi connectivity index (χ1v) is 15.4. The van der Waals surface area contributed by atoms with Crippen LogP contribution in [0.15, 0.2) is 164 Å². The Kier molecular flexibility index (Phi) is 6.20. The van der Waals surface area contributed by atoms with Gasteiger partial charge in [-0.1, -0.05) is 135 Å². The maximum absolute atomic E-state index is 2.42. The Labute approximate surface area is 259 Å². The van der Waals surface area contributed by atoms with Crippen molar-refractivity contribution in [3.8, 4) is 33.4 Å². The number of nitrogens with zero attached hydrogens (tertiary/aromatic N) is 1. The molecular weight excluding hydrogens is 530 g/mol. The third kappa shape index (κ3) is 4.32. The van der Waals surface area contributed by atoms with E-state index < -0.39 is 0 Å². The third-order valence-electron chi connectivity index (χ3n) is 9.27. The van der Waals surface area contributed by atoms with Crippen LogP contribution >= 0.6 is 0 Å². The quantitative estimate of drug-likeness (QED) is 0.201. The zero-order valence-electron chi connectivity index (χ0n) is 25.0. The van der Waals surface area contributed by atoms with Crippen LogP contribution in [0.2, 0.25) is 0 Å². The lowest BCUT2D eigenvalue weighted by atomic mass is 9.81. The molecule has 0 fully saturated rings. The monoisotopic (exact) mass is 563 g/mol. The van der Waals surface area contributed by atoms with Gasteiger partial charge in [0.2, 0.25) is 0 Å². The van der Waals surface area contributed by atoms with Crippen molar-refractivity contribution in [2.24, 2.45) is 0 Å². The van der Waals surface area contributed by atoms with Crippen LogP contribution in [0.5, 0.6) is 0 Å². The fourth-order valence-electron chi connectivity index (χ4n) is 6.97. The van der Waals surface area contributed by atoms with Gasteiger partial charge in [-0.3, -0.25) is 0 Å². The van der Waals surface area contributed by atoms with Gasteiger partial charge in [-0.25, -0.2) is 0 Å². The largest absolute Gasteiger partial charge is 0.310 e. The van der Waals surface area contributed by atoms with Crippen LogP contribution in [0.4, 0.5) is 17.1 Å². The number of rotatable bonds is 5. The van der Waals surface area contributed by atoms with Crippen LogP contribution in [0.3, 0.4) is 0 Å². The minimum atomic E-state index is -0.138. The summed E-state index contributed by atoms with van der Waals surface area (Å²) in [5.41, 5.74) is 13.7. The minimum absolute atomic E-state index is 0.138. The number of anilines is 3. The van der Waals surface area contributed by atoms with Crippen molar-refractivity contribution in [2.45, 2.75) is 19.3 Å². The van der Waals surface area contributed by atoms with E-state index in [2.05, 4.69) is 183 Å². The topological polar surface area (TPSA) is 3.24 Å². The van der Waals surface area contributed by atoms with Gasteiger partial charge >= 0.3 is 0 Å².